The van der Waals surface area contributed by atoms with Gasteiger partial charge in [-0.1, -0.05) is 28.1 Å². The Labute approximate surface area is 109 Å². The summed E-state index contributed by atoms with van der Waals surface area (Å²) in [6.07, 6.45) is 0. The van der Waals surface area contributed by atoms with Crippen LogP contribution in [0.5, 0.6) is 0 Å². The van der Waals surface area contributed by atoms with Crippen LogP contribution in [-0.2, 0) is 0 Å². The third-order valence-electron chi connectivity index (χ3n) is 2.31. The Morgan fingerprint density at radius 3 is 2.53 bits per heavy atom. The van der Waals surface area contributed by atoms with Gasteiger partial charge in [0.25, 0.3) is 0 Å². The van der Waals surface area contributed by atoms with Crippen molar-refractivity contribution in [2.45, 2.75) is 13.8 Å². The predicted octanol–water partition coefficient (Wildman–Crippen LogP) is 3.65. The molecule has 0 atom stereocenters. The van der Waals surface area contributed by atoms with Crippen molar-refractivity contribution in [2.75, 3.05) is 11.9 Å². The van der Waals surface area contributed by atoms with Crippen LogP contribution in [0.1, 0.15) is 12.6 Å². The first kappa shape index (κ1) is 12.0. The number of hydrogen-bond donors (Lipinski definition) is 1. The molecule has 0 aliphatic heterocycles. The molecule has 0 unspecified atom stereocenters. The second-order valence-corrected chi connectivity index (χ2v) is 4.67. The summed E-state index contributed by atoms with van der Waals surface area (Å²) in [6.45, 7) is 4.89. The molecule has 0 fully saturated rings. The number of nitrogens with one attached hydrogen (secondary N) is 1. The van der Waals surface area contributed by atoms with Crippen LogP contribution < -0.4 is 5.32 Å². The summed E-state index contributed by atoms with van der Waals surface area (Å²) in [5, 5.41) is 3.21. The summed E-state index contributed by atoms with van der Waals surface area (Å²) in [6, 6.07) is 9.96. The van der Waals surface area contributed by atoms with Crippen LogP contribution >= 0.6 is 15.9 Å². The fraction of sp³-hybridized carbons (Fsp3) is 0.231. The van der Waals surface area contributed by atoms with Gasteiger partial charge in [0, 0.05) is 28.3 Å². The van der Waals surface area contributed by atoms with Crippen LogP contribution in [0, 0.1) is 6.92 Å². The predicted molar refractivity (Wildman–Crippen MR) is 74.1 cm³/mol. The van der Waals surface area contributed by atoms with Crippen LogP contribution in [0.3, 0.4) is 0 Å². The van der Waals surface area contributed by atoms with Crippen molar-refractivity contribution in [1.82, 2.24) is 9.97 Å². The zero-order valence-electron chi connectivity index (χ0n) is 9.87. The van der Waals surface area contributed by atoms with E-state index in [0.29, 0.717) is 0 Å². The minimum absolute atomic E-state index is 0.758. The summed E-state index contributed by atoms with van der Waals surface area (Å²) >= 11 is 3.42. The maximum atomic E-state index is 4.49. The van der Waals surface area contributed by atoms with Crippen LogP contribution in [0.25, 0.3) is 11.4 Å². The summed E-state index contributed by atoms with van der Waals surface area (Å²) in [5.74, 6) is 1.63. The Kier molecular flexibility index (Phi) is 3.74. The normalized spacial score (nSPS) is 10.3. The van der Waals surface area contributed by atoms with Crippen molar-refractivity contribution in [3.8, 4) is 11.4 Å². The molecule has 88 valence electrons. The van der Waals surface area contributed by atoms with E-state index in [1.165, 1.54) is 0 Å². The molecule has 0 aliphatic rings. The quantitative estimate of drug-likeness (QED) is 0.938. The lowest BCUT2D eigenvalue weighted by atomic mass is 10.2. The molecule has 0 radical (unpaired) electrons. The number of anilines is 1. The molecule has 0 amide bonds. The smallest absolute Gasteiger partial charge is 0.161 e. The van der Waals surface area contributed by atoms with Crippen molar-refractivity contribution < 1.29 is 0 Å². The van der Waals surface area contributed by atoms with Gasteiger partial charge in [-0.25, -0.2) is 9.97 Å². The fourth-order valence-corrected chi connectivity index (χ4v) is 1.83. The molecule has 0 spiro atoms. The van der Waals surface area contributed by atoms with E-state index in [4.69, 9.17) is 0 Å². The molecule has 0 aliphatic carbocycles. The van der Waals surface area contributed by atoms with Gasteiger partial charge in [0.1, 0.15) is 5.82 Å². The van der Waals surface area contributed by atoms with Crippen molar-refractivity contribution in [3.05, 3.63) is 40.5 Å². The molecule has 0 bridgehead atoms. The highest BCUT2D eigenvalue weighted by Gasteiger charge is 2.04. The van der Waals surface area contributed by atoms with Gasteiger partial charge >= 0.3 is 0 Å². The van der Waals surface area contributed by atoms with Crippen molar-refractivity contribution in [1.29, 1.82) is 0 Å². The molecule has 1 N–H and O–H groups in total. The van der Waals surface area contributed by atoms with E-state index in [2.05, 4.69) is 38.1 Å². The highest BCUT2D eigenvalue weighted by Crippen LogP contribution is 2.20. The lowest BCUT2D eigenvalue weighted by Gasteiger charge is -2.06. The molecule has 3 nitrogen and oxygen atoms in total. The number of halogens is 1. The van der Waals surface area contributed by atoms with E-state index < -0.39 is 0 Å². The first-order chi connectivity index (χ1) is 8.19. The molecule has 0 saturated carbocycles. The molecule has 0 saturated heterocycles. The summed E-state index contributed by atoms with van der Waals surface area (Å²) in [4.78, 5) is 8.94. The lowest BCUT2D eigenvalue weighted by molar-refractivity contribution is 1.08. The van der Waals surface area contributed by atoms with Gasteiger partial charge in [0.05, 0.1) is 0 Å². The van der Waals surface area contributed by atoms with Crippen molar-refractivity contribution >= 4 is 21.7 Å². The average Bonchev–Trinajstić information content (AvgIpc) is 2.29. The van der Waals surface area contributed by atoms with Gasteiger partial charge in [-0.15, -0.1) is 0 Å². The Morgan fingerprint density at radius 1 is 1.18 bits per heavy atom. The van der Waals surface area contributed by atoms with E-state index in [9.17, 15) is 0 Å². The van der Waals surface area contributed by atoms with E-state index in [1.807, 2.05) is 37.3 Å². The molecule has 4 heteroatoms. The number of aryl methyl sites for hydroxylation is 1. The number of benzene rings is 1. The lowest BCUT2D eigenvalue weighted by Crippen LogP contribution is -2.02. The SMILES string of the molecule is CCNc1cc(C)nc(-c2ccc(Br)cc2)n1. The number of hydrogen-bond acceptors (Lipinski definition) is 3. The van der Waals surface area contributed by atoms with E-state index in [0.717, 1.165) is 33.9 Å². The van der Waals surface area contributed by atoms with Gasteiger partial charge in [-0.05, 0) is 26.0 Å². The topological polar surface area (TPSA) is 37.8 Å². The van der Waals surface area contributed by atoms with Crippen molar-refractivity contribution in [2.24, 2.45) is 0 Å². The maximum Gasteiger partial charge on any atom is 0.161 e. The Bertz CT molecular complexity index is 509. The summed E-state index contributed by atoms with van der Waals surface area (Å²) in [5.41, 5.74) is 1.99. The van der Waals surface area contributed by atoms with Gasteiger partial charge in [0.15, 0.2) is 5.82 Å². The zero-order valence-corrected chi connectivity index (χ0v) is 11.5. The molecular formula is C13H14BrN3. The number of aromatic nitrogens is 2. The first-order valence-corrected chi connectivity index (χ1v) is 6.34. The Balaban J connectivity index is 2.40. The second kappa shape index (κ2) is 5.27. The third kappa shape index (κ3) is 3.03. The molecule has 2 rings (SSSR count). The van der Waals surface area contributed by atoms with Crippen LogP contribution in [0.2, 0.25) is 0 Å². The maximum absolute atomic E-state index is 4.49. The summed E-state index contributed by atoms with van der Waals surface area (Å²) in [7, 11) is 0. The number of rotatable bonds is 3. The van der Waals surface area contributed by atoms with Gasteiger partial charge in [-0.2, -0.15) is 0 Å². The van der Waals surface area contributed by atoms with E-state index in [-0.39, 0.29) is 0 Å². The van der Waals surface area contributed by atoms with Crippen LogP contribution in [-0.4, -0.2) is 16.5 Å². The highest BCUT2D eigenvalue weighted by atomic mass is 79.9. The monoisotopic (exact) mass is 291 g/mol. The third-order valence-corrected chi connectivity index (χ3v) is 2.84. The standard InChI is InChI=1S/C13H14BrN3/c1-3-15-12-8-9(2)16-13(17-12)10-4-6-11(14)7-5-10/h4-8H,3H2,1-2H3,(H,15,16,17). The molecule has 17 heavy (non-hydrogen) atoms. The van der Waals surface area contributed by atoms with E-state index in [1.54, 1.807) is 0 Å². The minimum Gasteiger partial charge on any atom is -0.370 e. The largest absolute Gasteiger partial charge is 0.370 e. The first-order valence-electron chi connectivity index (χ1n) is 5.54. The van der Waals surface area contributed by atoms with Crippen LogP contribution in [0.15, 0.2) is 34.8 Å². The second-order valence-electron chi connectivity index (χ2n) is 3.76. The zero-order chi connectivity index (χ0) is 12.3. The molecule has 1 aromatic heterocycles. The average molecular weight is 292 g/mol. The van der Waals surface area contributed by atoms with Gasteiger partial charge in [0.2, 0.25) is 0 Å². The minimum atomic E-state index is 0.758. The van der Waals surface area contributed by atoms with Crippen molar-refractivity contribution in [3.63, 3.8) is 0 Å². The molecule has 1 heterocycles. The molecule has 2 aromatic rings. The Hall–Kier alpha value is -1.42. The van der Waals surface area contributed by atoms with Gasteiger partial charge in [-0.3, -0.25) is 0 Å². The fourth-order valence-electron chi connectivity index (χ4n) is 1.57. The summed E-state index contributed by atoms with van der Waals surface area (Å²) < 4.78 is 1.06. The highest BCUT2D eigenvalue weighted by molar-refractivity contribution is 9.10. The Morgan fingerprint density at radius 2 is 1.88 bits per heavy atom. The number of nitrogens with zero attached hydrogens (tertiary/aromatic N) is 2. The molecule has 1 aromatic carbocycles. The van der Waals surface area contributed by atoms with Crippen LogP contribution in [0.4, 0.5) is 5.82 Å². The van der Waals surface area contributed by atoms with Gasteiger partial charge < -0.3 is 5.32 Å². The molecular weight excluding hydrogens is 278 g/mol. The van der Waals surface area contributed by atoms with E-state index >= 15 is 0 Å².